The molecule has 0 spiro atoms. The van der Waals surface area contributed by atoms with Crippen LogP contribution in [0.1, 0.15) is 83.3 Å². The SMILES string of the molecule is CC(C)(C)OC(=O)N1CCC[C@@H]1[C@H]1CCCCN1Cc1noc(C2CCOCC2)n1. The van der Waals surface area contributed by atoms with E-state index in [-0.39, 0.29) is 12.1 Å². The number of hydrogen-bond donors (Lipinski definition) is 0. The number of carbonyl (C=O) groups excluding carboxylic acids is 1. The van der Waals surface area contributed by atoms with Crippen molar-refractivity contribution < 1.29 is 18.8 Å². The summed E-state index contributed by atoms with van der Waals surface area (Å²) in [6, 6.07) is 0.515. The third kappa shape index (κ3) is 5.14. The second kappa shape index (κ2) is 9.22. The summed E-state index contributed by atoms with van der Waals surface area (Å²) in [6.45, 7) is 9.76. The van der Waals surface area contributed by atoms with Crippen LogP contribution in [0, 0.1) is 0 Å². The van der Waals surface area contributed by atoms with Crippen LogP contribution in [0.15, 0.2) is 4.52 Å². The van der Waals surface area contributed by atoms with Crippen molar-refractivity contribution in [3.8, 4) is 0 Å². The van der Waals surface area contributed by atoms with Crippen molar-refractivity contribution in [3.05, 3.63) is 11.7 Å². The van der Waals surface area contributed by atoms with Crippen LogP contribution >= 0.6 is 0 Å². The molecule has 0 bridgehead atoms. The molecule has 1 aromatic rings. The van der Waals surface area contributed by atoms with Crippen molar-refractivity contribution in [2.75, 3.05) is 26.3 Å². The van der Waals surface area contributed by atoms with Gasteiger partial charge < -0.3 is 18.9 Å². The molecule has 8 heteroatoms. The number of nitrogens with zero attached hydrogens (tertiary/aromatic N) is 4. The highest BCUT2D eigenvalue weighted by atomic mass is 16.6. The molecule has 4 rings (SSSR count). The maximum Gasteiger partial charge on any atom is 0.410 e. The lowest BCUT2D eigenvalue weighted by atomic mass is 9.94. The molecule has 8 nitrogen and oxygen atoms in total. The normalized spacial score (nSPS) is 26.8. The molecular formula is C22H36N4O4. The van der Waals surface area contributed by atoms with E-state index in [1.165, 1.54) is 12.8 Å². The predicted molar refractivity (Wildman–Crippen MR) is 111 cm³/mol. The lowest BCUT2D eigenvalue weighted by Gasteiger charge is -2.41. The Morgan fingerprint density at radius 2 is 1.83 bits per heavy atom. The van der Waals surface area contributed by atoms with Gasteiger partial charge in [0.1, 0.15) is 5.60 Å². The van der Waals surface area contributed by atoms with E-state index in [2.05, 4.69) is 10.1 Å². The lowest BCUT2D eigenvalue weighted by Crippen LogP contribution is -2.53. The van der Waals surface area contributed by atoms with E-state index in [9.17, 15) is 4.79 Å². The summed E-state index contributed by atoms with van der Waals surface area (Å²) in [6.07, 6.45) is 7.22. The minimum atomic E-state index is -0.471. The Bertz CT molecular complexity index is 710. The van der Waals surface area contributed by atoms with E-state index in [1.807, 2.05) is 25.7 Å². The van der Waals surface area contributed by atoms with Gasteiger partial charge >= 0.3 is 6.09 Å². The summed E-state index contributed by atoms with van der Waals surface area (Å²) in [7, 11) is 0. The summed E-state index contributed by atoms with van der Waals surface area (Å²) in [5.74, 6) is 1.82. The first-order chi connectivity index (χ1) is 14.4. The van der Waals surface area contributed by atoms with Gasteiger partial charge in [-0.25, -0.2) is 4.79 Å². The highest BCUT2D eigenvalue weighted by molar-refractivity contribution is 5.69. The summed E-state index contributed by atoms with van der Waals surface area (Å²) < 4.78 is 16.7. The van der Waals surface area contributed by atoms with Crippen LogP contribution in [-0.2, 0) is 16.0 Å². The van der Waals surface area contributed by atoms with Gasteiger partial charge in [-0.1, -0.05) is 11.6 Å². The number of rotatable bonds is 4. The fourth-order valence-corrected chi connectivity index (χ4v) is 5.01. The van der Waals surface area contributed by atoms with Gasteiger partial charge in [-0.05, 0) is 65.8 Å². The van der Waals surface area contributed by atoms with Crippen molar-refractivity contribution in [2.45, 2.75) is 95.9 Å². The first-order valence-corrected chi connectivity index (χ1v) is 11.5. The fraction of sp³-hybridized carbons (Fsp3) is 0.864. The molecule has 0 unspecified atom stereocenters. The van der Waals surface area contributed by atoms with Gasteiger partial charge in [-0.3, -0.25) is 4.90 Å². The molecule has 168 valence electrons. The number of piperidine rings is 1. The molecule has 3 aliphatic rings. The van der Waals surface area contributed by atoms with E-state index >= 15 is 0 Å². The van der Waals surface area contributed by atoms with E-state index in [0.29, 0.717) is 18.5 Å². The number of likely N-dealkylation sites (tertiary alicyclic amines) is 2. The average Bonchev–Trinajstić information content (AvgIpc) is 3.38. The zero-order chi connectivity index (χ0) is 21.1. The molecule has 1 aromatic heterocycles. The maximum absolute atomic E-state index is 12.8. The number of hydrogen-bond acceptors (Lipinski definition) is 7. The van der Waals surface area contributed by atoms with Crippen LogP contribution in [0.25, 0.3) is 0 Å². The Morgan fingerprint density at radius 3 is 2.60 bits per heavy atom. The van der Waals surface area contributed by atoms with E-state index in [1.54, 1.807) is 0 Å². The predicted octanol–water partition coefficient (Wildman–Crippen LogP) is 3.72. The molecule has 30 heavy (non-hydrogen) atoms. The highest BCUT2D eigenvalue weighted by Crippen LogP contribution is 2.32. The van der Waals surface area contributed by atoms with E-state index in [4.69, 9.17) is 19.0 Å². The molecular weight excluding hydrogens is 384 g/mol. The van der Waals surface area contributed by atoms with Crippen molar-refractivity contribution in [1.82, 2.24) is 19.9 Å². The van der Waals surface area contributed by atoms with Gasteiger partial charge in [-0.2, -0.15) is 4.98 Å². The molecule has 0 aliphatic carbocycles. The van der Waals surface area contributed by atoms with Gasteiger partial charge in [-0.15, -0.1) is 0 Å². The topological polar surface area (TPSA) is 80.9 Å². The van der Waals surface area contributed by atoms with Crippen molar-refractivity contribution >= 4 is 6.09 Å². The van der Waals surface area contributed by atoms with Crippen LogP contribution < -0.4 is 0 Å². The standard InChI is InChI=1S/C22H36N4O4/c1-22(2,3)29-21(27)26-12-6-8-18(26)17-7-4-5-11-25(17)15-19-23-20(30-24-19)16-9-13-28-14-10-16/h16-18H,4-15H2,1-3H3/t17-,18-/m1/s1. The highest BCUT2D eigenvalue weighted by Gasteiger charge is 2.40. The van der Waals surface area contributed by atoms with Crippen molar-refractivity contribution in [1.29, 1.82) is 0 Å². The van der Waals surface area contributed by atoms with Crippen molar-refractivity contribution in [3.63, 3.8) is 0 Å². The second-order valence-electron chi connectivity index (χ2n) is 9.85. The first-order valence-electron chi connectivity index (χ1n) is 11.5. The van der Waals surface area contributed by atoms with Gasteiger partial charge in [0.2, 0.25) is 5.89 Å². The number of amides is 1. The summed E-state index contributed by atoms with van der Waals surface area (Å²) >= 11 is 0. The average molecular weight is 421 g/mol. The third-order valence-electron chi connectivity index (χ3n) is 6.43. The molecule has 0 N–H and O–H groups in total. The quantitative estimate of drug-likeness (QED) is 0.734. The van der Waals surface area contributed by atoms with Gasteiger partial charge in [0, 0.05) is 31.7 Å². The molecule has 1 amide bonds. The largest absolute Gasteiger partial charge is 0.444 e. The molecule has 0 radical (unpaired) electrons. The van der Waals surface area contributed by atoms with Gasteiger partial charge in [0.05, 0.1) is 12.6 Å². The molecule has 3 aliphatic heterocycles. The van der Waals surface area contributed by atoms with E-state index in [0.717, 1.165) is 70.1 Å². The molecule has 2 atom stereocenters. The summed E-state index contributed by atoms with van der Waals surface area (Å²) in [4.78, 5) is 21.9. The van der Waals surface area contributed by atoms with Crippen LogP contribution in [-0.4, -0.2) is 70.0 Å². The fourth-order valence-electron chi connectivity index (χ4n) is 5.01. The minimum absolute atomic E-state index is 0.183. The number of aromatic nitrogens is 2. The van der Waals surface area contributed by atoms with Crippen LogP contribution in [0.5, 0.6) is 0 Å². The zero-order valence-corrected chi connectivity index (χ0v) is 18.6. The molecule has 0 saturated carbocycles. The zero-order valence-electron chi connectivity index (χ0n) is 18.6. The van der Waals surface area contributed by atoms with Crippen LogP contribution in [0.3, 0.4) is 0 Å². The van der Waals surface area contributed by atoms with Crippen molar-refractivity contribution in [2.24, 2.45) is 0 Å². The van der Waals surface area contributed by atoms with Gasteiger partial charge in [0.15, 0.2) is 5.82 Å². The smallest absolute Gasteiger partial charge is 0.410 e. The Morgan fingerprint density at radius 1 is 1.07 bits per heavy atom. The van der Waals surface area contributed by atoms with Gasteiger partial charge in [0.25, 0.3) is 0 Å². The van der Waals surface area contributed by atoms with Crippen LogP contribution in [0.2, 0.25) is 0 Å². The Kier molecular flexibility index (Phi) is 6.63. The lowest BCUT2D eigenvalue weighted by molar-refractivity contribution is 0.00600. The Hall–Kier alpha value is -1.67. The monoisotopic (exact) mass is 420 g/mol. The molecule has 4 heterocycles. The maximum atomic E-state index is 12.8. The molecule has 3 fully saturated rings. The molecule has 3 saturated heterocycles. The summed E-state index contributed by atoms with van der Waals surface area (Å²) in [5, 5.41) is 4.28. The Balaban J connectivity index is 1.42. The number of carbonyl (C=O) groups is 1. The molecule has 0 aromatic carbocycles. The van der Waals surface area contributed by atoms with E-state index < -0.39 is 5.60 Å². The van der Waals surface area contributed by atoms with Crippen LogP contribution in [0.4, 0.5) is 4.79 Å². The second-order valence-corrected chi connectivity index (χ2v) is 9.85. The minimum Gasteiger partial charge on any atom is -0.444 e. The Labute approximate surface area is 179 Å². The number of ether oxygens (including phenoxy) is 2. The summed E-state index contributed by atoms with van der Waals surface area (Å²) in [5.41, 5.74) is -0.471. The third-order valence-corrected chi connectivity index (χ3v) is 6.43. The first kappa shape index (κ1) is 21.6.